The van der Waals surface area contributed by atoms with E-state index in [9.17, 15) is 19.1 Å². The third-order valence-electron chi connectivity index (χ3n) is 3.24. The molecular formula is C15H11FN2O3S. The van der Waals surface area contributed by atoms with Crippen LogP contribution in [-0.4, -0.2) is 16.0 Å². The Morgan fingerprint density at radius 1 is 1.36 bits per heavy atom. The molecule has 3 rings (SSSR count). The van der Waals surface area contributed by atoms with Crippen LogP contribution in [0.1, 0.15) is 15.9 Å². The molecule has 1 aromatic carbocycles. The fourth-order valence-corrected chi connectivity index (χ4v) is 2.92. The van der Waals surface area contributed by atoms with E-state index in [1.165, 1.54) is 29.5 Å². The number of carbonyl (C=O) groups excluding carboxylic acids is 1. The molecule has 0 aliphatic heterocycles. The highest BCUT2D eigenvalue weighted by atomic mass is 32.1. The van der Waals surface area contributed by atoms with Gasteiger partial charge in [0.1, 0.15) is 11.4 Å². The molecule has 0 atom stereocenters. The van der Waals surface area contributed by atoms with E-state index in [2.05, 4.69) is 10.3 Å². The number of aryl methyl sites for hydroxylation is 1. The summed E-state index contributed by atoms with van der Waals surface area (Å²) in [5.41, 5.74) is 0.136. The van der Waals surface area contributed by atoms with Crippen LogP contribution in [0.4, 0.5) is 10.1 Å². The van der Waals surface area contributed by atoms with Crippen molar-refractivity contribution in [3.05, 3.63) is 56.9 Å². The van der Waals surface area contributed by atoms with Gasteiger partial charge < -0.3 is 15.4 Å². The van der Waals surface area contributed by atoms with E-state index in [0.717, 1.165) is 0 Å². The summed E-state index contributed by atoms with van der Waals surface area (Å²) in [6, 6.07) is 5.70. The maximum Gasteiger partial charge on any atom is 0.265 e. The van der Waals surface area contributed by atoms with E-state index in [1.54, 1.807) is 18.4 Å². The second-order valence-electron chi connectivity index (χ2n) is 4.76. The van der Waals surface area contributed by atoms with Gasteiger partial charge in [-0.25, -0.2) is 4.39 Å². The Kier molecular flexibility index (Phi) is 3.42. The maximum atomic E-state index is 13.2. The van der Waals surface area contributed by atoms with Gasteiger partial charge in [-0.3, -0.25) is 9.59 Å². The van der Waals surface area contributed by atoms with E-state index in [4.69, 9.17) is 0 Å². The maximum absolute atomic E-state index is 13.2. The van der Waals surface area contributed by atoms with Crippen LogP contribution in [0.15, 0.2) is 34.4 Å². The molecule has 2 heterocycles. The standard InChI is InChI=1S/C15H11FN2O3S/c1-7-6-8(2-3-9(7)16)17-14(20)11-12(19)13-10(4-5-22-13)18-15(11)21/h2-6H,1H3,(H,17,20)(H2,18,19,21). The summed E-state index contributed by atoms with van der Waals surface area (Å²) < 4.78 is 13.7. The highest BCUT2D eigenvalue weighted by Gasteiger charge is 2.20. The molecule has 3 N–H and O–H groups in total. The molecule has 112 valence electrons. The average Bonchev–Trinajstić information content (AvgIpc) is 2.91. The highest BCUT2D eigenvalue weighted by molar-refractivity contribution is 7.17. The summed E-state index contributed by atoms with van der Waals surface area (Å²) >= 11 is 1.22. The van der Waals surface area contributed by atoms with Gasteiger partial charge in [-0.05, 0) is 42.1 Å². The van der Waals surface area contributed by atoms with Crippen molar-refractivity contribution in [2.75, 3.05) is 5.32 Å². The van der Waals surface area contributed by atoms with Crippen molar-refractivity contribution in [1.82, 2.24) is 4.98 Å². The first-order valence-corrected chi connectivity index (χ1v) is 7.25. The molecule has 0 unspecified atom stereocenters. The molecule has 1 amide bonds. The number of fused-ring (bicyclic) bond motifs is 1. The summed E-state index contributed by atoms with van der Waals surface area (Å²) in [6.45, 7) is 1.56. The molecule has 0 fully saturated rings. The van der Waals surface area contributed by atoms with Gasteiger partial charge in [-0.1, -0.05) is 0 Å². The largest absolute Gasteiger partial charge is 0.505 e. The fraction of sp³-hybridized carbons (Fsp3) is 0.0667. The van der Waals surface area contributed by atoms with Crippen molar-refractivity contribution >= 4 is 33.1 Å². The number of amides is 1. The predicted octanol–water partition coefficient (Wildman–Crippen LogP) is 3.00. The van der Waals surface area contributed by atoms with E-state index in [1.807, 2.05) is 0 Å². The van der Waals surface area contributed by atoms with Crippen LogP contribution in [0.2, 0.25) is 0 Å². The lowest BCUT2D eigenvalue weighted by Crippen LogP contribution is -2.23. The molecule has 0 aliphatic rings. The summed E-state index contributed by atoms with van der Waals surface area (Å²) in [6.07, 6.45) is 0. The van der Waals surface area contributed by atoms with Crippen LogP contribution in [0.25, 0.3) is 10.2 Å². The number of halogens is 1. The smallest absolute Gasteiger partial charge is 0.265 e. The van der Waals surface area contributed by atoms with Crippen molar-refractivity contribution in [2.24, 2.45) is 0 Å². The highest BCUT2D eigenvalue weighted by Crippen LogP contribution is 2.29. The molecule has 5 nitrogen and oxygen atoms in total. The minimum atomic E-state index is -0.750. The zero-order valence-electron chi connectivity index (χ0n) is 11.4. The van der Waals surface area contributed by atoms with Crippen LogP contribution in [-0.2, 0) is 0 Å². The Balaban J connectivity index is 2.01. The summed E-state index contributed by atoms with van der Waals surface area (Å²) in [4.78, 5) is 26.8. The van der Waals surface area contributed by atoms with Crippen LogP contribution in [0, 0.1) is 12.7 Å². The molecule has 0 bridgehead atoms. The third-order valence-corrected chi connectivity index (χ3v) is 4.16. The van der Waals surface area contributed by atoms with Gasteiger partial charge in [-0.15, -0.1) is 11.3 Å². The number of hydrogen-bond acceptors (Lipinski definition) is 4. The second kappa shape index (κ2) is 5.27. The zero-order valence-corrected chi connectivity index (χ0v) is 12.3. The molecular weight excluding hydrogens is 307 g/mol. The minimum absolute atomic E-state index is 0.342. The van der Waals surface area contributed by atoms with Crippen LogP contribution in [0.5, 0.6) is 5.75 Å². The minimum Gasteiger partial charge on any atom is -0.505 e. The molecule has 2 aromatic heterocycles. The molecule has 22 heavy (non-hydrogen) atoms. The number of pyridine rings is 1. The van der Waals surface area contributed by atoms with E-state index >= 15 is 0 Å². The van der Waals surface area contributed by atoms with Gasteiger partial charge in [0.15, 0.2) is 5.75 Å². The first-order valence-electron chi connectivity index (χ1n) is 6.37. The van der Waals surface area contributed by atoms with E-state index in [-0.39, 0.29) is 11.3 Å². The van der Waals surface area contributed by atoms with Crippen molar-refractivity contribution < 1.29 is 14.3 Å². The number of aromatic hydroxyl groups is 1. The number of hydrogen-bond donors (Lipinski definition) is 3. The molecule has 0 aliphatic carbocycles. The number of nitrogens with one attached hydrogen (secondary N) is 2. The molecule has 3 aromatic rings. The number of anilines is 1. The summed E-state index contributed by atoms with van der Waals surface area (Å²) in [5, 5.41) is 14.3. The number of carbonyl (C=O) groups is 1. The first-order chi connectivity index (χ1) is 10.5. The lowest BCUT2D eigenvalue weighted by atomic mass is 10.2. The third kappa shape index (κ3) is 2.35. The molecule has 0 spiro atoms. The zero-order chi connectivity index (χ0) is 15.9. The lowest BCUT2D eigenvalue weighted by molar-refractivity contribution is 0.102. The number of aromatic nitrogens is 1. The van der Waals surface area contributed by atoms with E-state index in [0.29, 0.717) is 21.5 Å². The van der Waals surface area contributed by atoms with Gasteiger partial charge in [0.25, 0.3) is 11.5 Å². The number of rotatable bonds is 2. The molecule has 0 saturated carbocycles. The monoisotopic (exact) mass is 318 g/mol. The predicted molar refractivity (Wildman–Crippen MR) is 83.2 cm³/mol. The van der Waals surface area contributed by atoms with Gasteiger partial charge >= 0.3 is 0 Å². The molecule has 7 heteroatoms. The summed E-state index contributed by atoms with van der Waals surface area (Å²) in [7, 11) is 0. The quantitative estimate of drug-likeness (QED) is 0.679. The van der Waals surface area contributed by atoms with Crippen molar-refractivity contribution in [3.63, 3.8) is 0 Å². The van der Waals surface area contributed by atoms with Crippen molar-refractivity contribution in [2.45, 2.75) is 6.92 Å². The van der Waals surface area contributed by atoms with Crippen LogP contribution >= 0.6 is 11.3 Å². The normalized spacial score (nSPS) is 10.8. The van der Waals surface area contributed by atoms with Crippen LogP contribution in [0.3, 0.4) is 0 Å². The van der Waals surface area contributed by atoms with Crippen molar-refractivity contribution in [3.8, 4) is 5.75 Å². The Morgan fingerprint density at radius 2 is 2.14 bits per heavy atom. The van der Waals surface area contributed by atoms with Crippen LogP contribution < -0.4 is 10.9 Å². The molecule has 0 radical (unpaired) electrons. The van der Waals surface area contributed by atoms with E-state index < -0.39 is 17.3 Å². The second-order valence-corrected chi connectivity index (χ2v) is 5.68. The average molecular weight is 318 g/mol. The van der Waals surface area contributed by atoms with Crippen molar-refractivity contribution in [1.29, 1.82) is 0 Å². The number of thiophene rings is 1. The van der Waals surface area contributed by atoms with Gasteiger partial charge in [0.05, 0.1) is 10.2 Å². The number of H-pyrrole nitrogens is 1. The lowest BCUT2D eigenvalue weighted by Gasteiger charge is -2.08. The van der Waals surface area contributed by atoms with Gasteiger partial charge in [-0.2, -0.15) is 0 Å². The SMILES string of the molecule is Cc1cc(NC(=O)c2c(O)c3sccc3[nH]c2=O)ccc1F. The first kappa shape index (κ1) is 14.3. The Hall–Kier alpha value is -2.67. The Labute approximate surface area is 128 Å². The number of aromatic amines is 1. The number of benzene rings is 1. The Morgan fingerprint density at radius 3 is 2.86 bits per heavy atom. The van der Waals surface area contributed by atoms with Gasteiger partial charge in [0.2, 0.25) is 0 Å². The topological polar surface area (TPSA) is 82.2 Å². The molecule has 0 saturated heterocycles. The fourth-order valence-electron chi connectivity index (χ4n) is 2.12. The van der Waals surface area contributed by atoms with Gasteiger partial charge in [0, 0.05) is 5.69 Å². The Bertz CT molecular complexity index is 946. The summed E-state index contributed by atoms with van der Waals surface area (Å²) in [5.74, 6) is -1.50.